The quantitative estimate of drug-likeness (QED) is 0.234. The molecule has 0 aliphatic carbocycles. The summed E-state index contributed by atoms with van der Waals surface area (Å²) < 4.78 is 13.4. The van der Waals surface area contributed by atoms with Crippen molar-refractivity contribution >= 4 is 46.8 Å². The molecule has 196 valence electrons. The minimum atomic E-state index is -0.954. The summed E-state index contributed by atoms with van der Waals surface area (Å²) in [5.74, 6) is -0.979. The van der Waals surface area contributed by atoms with E-state index in [1.165, 1.54) is 18.2 Å². The van der Waals surface area contributed by atoms with Gasteiger partial charge in [0.25, 0.3) is 5.91 Å². The van der Waals surface area contributed by atoms with Gasteiger partial charge in [-0.15, -0.1) is 11.8 Å². The van der Waals surface area contributed by atoms with Crippen molar-refractivity contribution < 1.29 is 23.9 Å². The summed E-state index contributed by atoms with van der Waals surface area (Å²) in [6.45, 7) is 2.58. The van der Waals surface area contributed by atoms with Crippen LogP contribution in [0.25, 0.3) is 0 Å². The number of carbonyl (C=O) groups is 3. The number of aryl methyl sites for hydroxylation is 1. The Kier molecular flexibility index (Phi) is 8.75. The lowest BCUT2D eigenvalue weighted by molar-refractivity contribution is -0.112. The molecule has 4 rings (SSSR count). The van der Waals surface area contributed by atoms with Crippen LogP contribution in [-0.2, 0) is 11.2 Å². The Morgan fingerprint density at radius 3 is 2.58 bits per heavy atom. The highest BCUT2D eigenvalue weighted by atomic mass is 32.2. The van der Waals surface area contributed by atoms with Gasteiger partial charge in [0.15, 0.2) is 5.71 Å². The Labute approximate surface area is 223 Å². The summed E-state index contributed by atoms with van der Waals surface area (Å²) in [7, 11) is 0. The molecular weight excluding hydrogens is 507 g/mol. The van der Waals surface area contributed by atoms with Crippen molar-refractivity contribution in [3.63, 3.8) is 0 Å². The molecule has 1 aliphatic heterocycles. The van der Waals surface area contributed by atoms with E-state index in [1.807, 2.05) is 37.3 Å². The maximum Gasteiger partial charge on any atom is 0.339 e. The van der Waals surface area contributed by atoms with Gasteiger partial charge in [0, 0.05) is 28.4 Å². The van der Waals surface area contributed by atoms with E-state index in [0.717, 1.165) is 41.2 Å². The Morgan fingerprint density at radius 2 is 1.87 bits per heavy atom. The predicted molar refractivity (Wildman–Crippen MR) is 147 cm³/mol. The molecule has 0 radical (unpaired) electrons. The first-order valence-electron chi connectivity index (χ1n) is 12.2. The smallest absolute Gasteiger partial charge is 0.339 e. The fourth-order valence-electron chi connectivity index (χ4n) is 3.96. The average Bonchev–Trinajstić information content (AvgIpc) is 3.16. The van der Waals surface area contributed by atoms with E-state index >= 15 is 0 Å². The number of halogens is 1. The number of amides is 3. The zero-order valence-corrected chi connectivity index (χ0v) is 21.6. The summed E-state index contributed by atoms with van der Waals surface area (Å²) >= 11 is 1.61. The number of anilines is 2. The van der Waals surface area contributed by atoms with E-state index in [2.05, 4.69) is 15.8 Å². The number of thioether (sulfide) groups is 1. The molecule has 8 nitrogen and oxygen atoms in total. The van der Waals surface area contributed by atoms with E-state index in [1.54, 1.807) is 34.9 Å². The molecule has 3 aromatic rings. The maximum absolute atomic E-state index is 13.4. The number of carboxylic acids is 1. The zero-order valence-electron chi connectivity index (χ0n) is 20.7. The van der Waals surface area contributed by atoms with Gasteiger partial charge in [-0.05, 0) is 66.9 Å². The first kappa shape index (κ1) is 26.9. The third kappa shape index (κ3) is 6.57. The zero-order chi connectivity index (χ0) is 27.1. The Morgan fingerprint density at radius 1 is 1.08 bits per heavy atom. The lowest BCUT2D eigenvalue weighted by atomic mass is 10.1. The second-order valence-electron chi connectivity index (χ2n) is 8.63. The van der Waals surface area contributed by atoms with Crippen molar-refractivity contribution in [2.45, 2.75) is 31.1 Å². The van der Waals surface area contributed by atoms with Crippen molar-refractivity contribution in [3.05, 3.63) is 89.2 Å². The molecule has 0 saturated carbocycles. The molecule has 0 bridgehead atoms. The van der Waals surface area contributed by atoms with Crippen molar-refractivity contribution in [2.24, 2.45) is 5.10 Å². The number of benzene rings is 3. The van der Waals surface area contributed by atoms with E-state index in [9.17, 15) is 18.8 Å². The minimum Gasteiger partial charge on any atom is -0.478 e. The van der Waals surface area contributed by atoms with Crippen LogP contribution in [0.3, 0.4) is 0 Å². The summed E-state index contributed by atoms with van der Waals surface area (Å²) in [4.78, 5) is 39.2. The lowest BCUT2D eigenvalue weighted by Crippen LogP contribution is -2.33. The topological polar surface area (TPSA) is 111 Å². The monoisotopic (exact) mass is 534 g/mol. The maximum atomic E-state index is 13.4. The molecule has 3 N–H and O–H groups in total. The van der Waals surface area contributed by atoms with Gasteiger partial charge in [0.2, 0.25) is 0 Å². The van der Waals surface area contributed by atoms with Crippen LogP contribution >= 0.6 is 11.8 Å². The number of carbonyl (C=O) groups excluding carboxylic acids is 2. The van der Waals surface area contributed by atoms with Crippen LogP contribution < -0.4 is 15.6 Å². The number of fused-ring (bicyclic) bond motifs is 1. The number of hydrogen-bond acceptors (Lipinski definition) is 5. The normalized spacial score (nSPS) is 13.5. The summed E-state index contributed by atoms with van der Waals surface area (Å²) in [5, 5.41) is 15.7. The average molecular weight is 535 g/mol. The first-order valence-corrected chi connectivity index (χ1v) is 13.2. The summed E-state index contributed by atoms with van der Waals surface area (Å²) in [6, 6.07) is 17.3. The minimum absolute atomic E-state index is 0.136. The predicted octanol–water partition coefficient (Wildman–Crippen LogP) is 5.53. The van der Waals surface area contributed by atoms with Gasteiger partial charge >= 0.3 is 12.0 Å². The number of nitrogens with zero attached hydrogens (tertiary/aromatic N) is 2. The number of urea groups is 1. The molecular formula is C28H27FN4O4S. The number of unbranched alkanes of at least 4 members (excludes halogenated alkanes) is 1. The second-order valence-corrected chi connectivity index (χ2v) is 9.79. The van der Waals surface area contributed by atoms with Crippen molar-refractivity contribution in [2.75, 3.05) is 22.5 Å². The fraction of sp³-hybridized carbons (Fsp3) is 0.214. The second kappa shape index (κ2) is 12.4. The molecule has 0 saturated heterocycles. The van der Waals surface area contributed by atoms with E-state index < -0.39 is 17.8 Å². The number of hydrogen-bond donors (Lipinski definition) is 3. The lowest BCUT2D eigenvalue weighted by Gasteiger charge is -2.16. The van der Waals surface area contributed by atoms with Crippen molar-refractivity contribution in [1.29, 1.82) is 0 Å². The SMILES string of the molecule is CCCCN1C(=O)/C(=N\NC(=O)Nc2cccc(F)c2)c2cc(SCCc3ccc(C(=O)O)cc3)ccc21. The summed E-state index contributed by atoms with van der Waals surface area (Å²) in [6.07, 6.45) is 2.48. The Bertz CT molecular complexity index is 1380. The van der Waals surface area contributed by atoms with Crippen molar-refractivity contribution in [1.82, 2.24) is 5.43 Å². The van der Waals surface area contributed by atoms with Crippen LogP contribution in [0.15, 0.2) is 76.7 Å². The van der Waals surface area contributed by atoms with Crippen LogP contribution in [0.4, 0.5) is 20.6 Å². The highest BCUT2D eigenvalue weighted by Gasteiger charge is 2.34. The third-order valence-electron chi connectivity index (χ3n) is 5.91. The molecule has 0 atom stereocenters. The molecule has 0 spiro atoms. The number of hydrazone groups is 1. The van der Waals surface area contributed by atoms with Crippen molar-refractivity contribution in [3.8, 4) is 0 Å². The van der Waals surface area contributed by atoms with Crippen LogP contribution in [0.2, 0.25) is 0 Å². The first-order chi connectivity index (χ1) is 18.4. The van der Waals surface area contributed by atoms with E-state index in [-0.39, 0.29) is 22.9 Å². The van der Waals surface area contributed by atoms with Crippen LogP contribution in [0.1, 0.15) is 41.3 Å². The molecule has 10 heteroatoms. The standard InChI is InChI=1S/C28H27FN4O4S/c1-2-3-14-33-24-12-11-22(38-15-13-18-7-9-19(10-8-18)27(35)36)17-23(24)25(26(33)34)31-32-28(37)30-21-6-4-5-20(29)16-21/h4-12,16-17H,2-3,13-15H2,1H3,(H,35,36)(H2,30,32,37)/b31-25-. The van der Waals surface area contributed by atoms with Crippen LogP contribution in [0, 0.1) is 5.82 Å². The van der Waals surface area contributed by atoms with Gasteiger partial charge < -0.3 is 15.3 Å². The fourth-order valence-corrected chi connectivity index (χ4v) is 4.90. The van der Waals surface area contributed by atoms with Gasteiger partial charge in [0.1, 0.15) is 5.82 Å². The largest absolute Gasteiger partial charge is 0.478 e. The Hall–Kier alpha value is -4.18. The van der Waals surface area contributed by atoms with Gasteiger partial charge in [-0.2, -0.15) is 5.10 Å². The molecule has 0 aromatic heterocycles. The number of aromatic carboxylic acids is 1. The highest BCUT2D eigenvalue weighted by molar-refractivity contribution is 7.99. The van der Waals surface area contributed by atoms with Gasteiger partial charge in [0.05, 0.1) is 11.3 Å². The van der Waals surface area contributed by atoms with Gasteiger partial charge in [-0.25, -0.2) is 19.4 Å². The van der Waals surface area contributed by atoms with Crippen LogP contribution in [0.5, 0.6) is 0 Å². The molecule has 0 unspecified atom stereocenters. The molecule has 38 heavy (non-hydrogen) atoms. The van der Waals surface area contributed by atoms with E-state index in [4.69, 9.17) is 5.11 Å². The third-order valence-corrected chi connectivity index (χ3v) is 6.90. The molecule has 3 aromatic carbocycles. The summed E-state index contributed by atoms with van der Waals surface area (Å²) in [5.41, 5.74) is 5.41. The van der Waals surface area contributed by atoms with Gasteiger partial charge in [-0.1, -0.05) is 31.5 Å². The molecule has 1 aliphatic rings. The molecule has 0 fully saturated rings. The number of rotatable bonds is 10. The number of nitrogens with one attached hydrogen (secondary N) is 2. The van der Waals surface area contributed by atoms with Crippen LogP contribution in [-0.4, -0.2) is 41.0 Å². The number of carboxylic acid groups (broad SMARTS) is 1. The van der Waals surface area contributed by atoms with E-state index in [0.29, 0.717) is 12.1 Å². The highest BCUT2D eigenvalue weighted by Crippen LogP contribution is 2.33. The molecule has 3 amide bonds. The van der Waals surface area contributed by atoms with Gasteiger partial charge in [-0.3, -0.25) is 4.79 Å². The molecule has 1 heterocycles. The Balaban J connectivity index is 1.47.